The van der Waals surface area contributed by atoms with Crippen LogP contribution < -0.4 is 30.9 Å². The summed E-state index contributed by atoms with van der Waals surface area (Å²) in [4.78, 5) is 63.3. The number of halogens is 3. The third-order valence-corrected chi connectivity index (χ3v) is 9.96. The van der Waals surface area contributed by atoms with Gasteiger partial charge in [0.25, 0.3) is 17.7 Å². The fourth-order valence-corrected chi connectivity index (χ4v) is 6.98. The van der Waals surface area contributed by atoms with Crippen molar-refractivity contribution in [1.29, 1.82) is 0 Å². The van der Waals surface area contributed by atoms with Gasteiger partial charge in [0.1, 0.15) is 23.0 Å². The molecule has 0 bridgehead atoms. The first-order valence-corrected chi connectivity index (χ1v) is 17.9. The van der Waals surface area contributed by atoms with Gasteiger partial charge in [-0.2, -0.15) is 18.3 Å². The van der Waals surface area contributed by atoms with Crippen molar-refractivity contribution in [2.24, 2.45) is 11.7 Å². The van der Waals surface area contributed by atoms with Crippen molar-refractivity contribution in [2.75, 3.05) is 60.9 Å². The summed E-state index contributed by atoms with van der Waals surface area (Å²) in [6, 6.07) is 14.2. The lowest BCUT2D eigenvalue weighted by Crippen LogP contribution is -2.49. The van der Waals surface area contributed by atoms with Crippen molar-refractivity contribution in [3.8, 4) is 11.4 Å². The minimum absolute atomic E-state index is 0.0629. The Bertz CT molecular complexity index is 2040. The number of primary amides is 1. The number of hydrogen-bond acceptors (Lipinski definition) is 11. The topological polar surface area (TPSA) is 181 Å². The standard InChI is InChI=1S/C37H39F3N10O5/c38-37(39,40)30-3-1-2-27(43-30)35(53)44-28-22-50(46-33(28)34(41)52)25-6-4-24(5-7-25)48-18-16-47(17-19-48)21-23-12-14-49(15-13-23)31-10-8-26(20-42-31)55-29-9-11-32(51)45-36(29)54/h1-8,10,20,22-23,29H,9,11-19,21H2,(H2,41,52)(H,44,53)(H,45,51,54). The Hall–Kier alpha value is -6.04. The minimum atomic E-state index is -4.73. The smallest absolute Gasteiger partial charge is 0.433 e. The van der Waals surface area contributed by atoms with Crippen LogP contribution in [-0.2, 0) is 15.8 Å². The number of rotatable bonds is 10. The number of pyridine rings is 2. The van der Waals surface area contributed by atoms with Crippen LogP contribution in [0.3, 0.4) is 0 Å². The Balaban J connectivity index is 0.876. The molecular formula is C37H39F3N10O5. The maximum atomic E-state index is 13.1. The normalized spacial score (nSPS) is 18.6. The Morgan fingerprint density at radius 3 is 2.29 bits per heavy atom. The molecule has 1 atom stereocenters. The molecule has 3 aromatic heterocycles. The number of nitrogens with one attached hydrogen (secondary N) is 2. The molecule has 0 spiro atoms. The first kappa shape index (κ1) is 37.3. The number of alkyl halides is 3. The second-order valence-electron chi connectivity index (χ2n) is 13.7. The van der Waals surface area contributed by atoms with Crippen LogP contribution in [0.25, 0.3) is 5.69 Å². The SMILES string of the molecule is NC(=O)c1nn(-c2ccc(N3CCN(CC4CCN(c5ccc(OC6CCC(=O)NC6=O)cn5)CC4)CC3)cc2)cc1NC(=O)c1cccc(C(F)(F)F)n1. The number of imide groups is 1. The van der Waals surface area contributed by atoms with E-state index >= 15 is 0 Å². The summed E-state index contributed by atoms with van der Waals surface area (Å²) in [6.07, 6.45) is 0.287. The molecular weight excluding hydrogens is 721 g/mol. The monoisotopic (exact) mass is 760 g/mol. The molecule has 0 aliphatic carbocycles. The predicted octanol–water partition coefficient (Wildman–Crippen LogP) is 3.25. The molecule has 18 heteroatoms. The molecule has 288 valence electrons. The molecule has 0 saturated carbocycles. The van der Waals surface area contributed by atoms with E-state index in [1.165, 1.54) is 10.9 Å². The van der Waals surface area contributed by atoms with Gasteiger partial charge in [-0.05, 0) is 67.3 Å². The highest BCUT2D eigenvalue weighted by Gasteiger charge is 2.33. The van der Waals surface area contributed by atoms with E-state index in [4.69, 9.17) is 10.5 Å². The number of benzene rings is 1. The molecule has 55 heavy (non-hydrogen) atoms. The third-order valence-electron chi connectivity index (χ3n) is 9.96. The van der Waals surface area contributed by atoms with Gasteiger partial charge >= 0.3 is 6.18 Å². The first-order chi connectivity index (χ1) is 26.4. The van der Waals surface area contributed by atoms with Gasteiger partial charge in [0.05, 0.1) is 23.8 Å². The Kier molecular flexibility index (Phi) is 10.7. The zero-order valence-electron chi connectivity index (χ0n) is 29.7. The molecule has 0 radical (unpaired) electrons. The van der Waals surface area contributed by atoms with Gasteiger partial charge in [-0.15, -0.1) is 0 Å². The van der Waals surface area contributed by atoms with E-state index in [0.29, 0.717) is 23.8 Å². The van der Waals surface area contributed by atoms with Crippen LogP contribution in [0, 0.1) is 5.92 Å². The maximum absolute atomic E-state index is 13.1. The van der Waals surface area contributed by atoms with Gasteiger partial charge in [0.15, 0.2) is 11.8 Å². The molecule has 4 N–H and O–H groups in total. The highest BCUT2D eigenvalue weighted by atomic mass is 19.4. The average Bonchev–Trinajstić information content (AvgIpc) is 3.61. The number of piperidine rings is 2. The van der Waals surface area contributed by atoms with Crippen LogP contribution in [0.1, 0.15) is 52.4 Å². The lowest BCUT2D eigenvalue weighted by Gasteiger charge is -2.40. The van der Waals surface area contributed by atoms with Gasteiger partial charge in [-0.3, -0.25) is 29.4 Å². The largest absolute Gasteiger partial charge is 0.479 e. The van der Waals surface area contributed by atoms with E-state index in [-0.39, 0.29) is 23.7 Å². The lowest BCUT2D eigenvalue weighted by molar-refractivity contribution is -0.141. The number of carbonyl (C=O) groups is 4. The Labute approximate surface area is 313 Å². The van der Waals surface area contributed by atoms with Crippen molar-refractivity contribution in [2.45, 2.75) is 38.0 Å². The summed E-state index contributed by atoms with van der Waals surface area (Å²) in [5.41, 5.74) is 5.08. The second-order valence-corrected chi connectivity index (χ2v) is 13.7. The number of anilines is 3. The molecule has 1 aromatic carbocycles. The molecule has 15 nitrogen and oxygen atoms in total. The van der Waals surface area contributed by atoms with Crippen molar-refractivity contribution < 1.29 is 37.1 Å². The van der Waals surface area contributed by atoms with Gasteiger partial charge in [0.2, 0.25) is 5.91 Å². The van der Waals surface area contributed by atoms with Crippen LogP contribution in [0.2, 0.25) is 0 Å². The van der Waals surface area contributed by atoms with Crippen LogP contribution in [0.4, 0.5) is 30.4 Å². The van der Waals surface area contributed by atoms with Crippen LogP contribution >= 0.6 is 0 Å². The minimum Gasteiger partial charge on any atom is -0.479 e. The number of ether oxygens (including phenoxy) is 1. The van der Waals surface area contributed by atoms with Crippen LogP contribution in [-0.4, -0.2) is 100 Å². The molecule has 3 aliphatic rings. The number of piperazine rings is 1. The van der Waals surface area contributed by atoms with Crippen LogP contribution in [0.5, 0.6) is 5.75 Å². The van der Waals surface area contributed by atoms with Gasteiger partial charge < -0.3 is 25.6 Å². The first-order valence-electron chi connectivity index (χ1n) is 17.9. The van der Waals surface area contributed by atoms with Gasteiger partial charge in [0, 0.05) is 64.3 Å². The van der Waals surface area contributed by atoms with E-state index in [1.54, 1.807) is 6.20 Å². The third kappa shape index (κ3) is 8.86. The number of aromatic nitrogens is 4. The van der Waals surface area contributed by atoms with Gasteiger partial charge in [-0.25, -0.2) is 14.6 Å². The summed E-state index contributed by atoms with van der Waals surface area (Å²) in [5, 5.41) is 8.92. The number of hydrogen-bond donors (Lipinski definition) is 3. The van der Waals surface area contributed by atoms with Crippen molar-refractivity contribution >= 4 is 40.8 Å². The van der Waals surface area contributed by atoms with E-state index in [1.807, 2.05) is 36.4 Å². The molecule has 4 aromatic rings. The maximum Gasteiger partial charge on any atom is 0.433 e. The molecule has 7 rings (SSSR count). The zero-order valence-corrected chi connectivity index (χ0v) is 29.7. The number of nitrogens with two attached hydrogens (primary N) is 1. The number of carbonyl (C=O) groups excluding carboxylic acids is 4. The predicted molar refractivity (Wildman–Crippen MR) is 194 cm³/mol. The number of amides is 4. The van der Waals surface area contributed by atoms with E-state index in [0.717, 1.165) is 88.4 Å². The summed E-state index contributed by atoms with van der Waals surface area (Å²) in [7, 11) is 0. The quantitative estimate of drug-likeness (QED) is 0.202. The molecule has 3 aliphatic heterocycles. The summed E-state index contributed by atoms with van der Waals surface area (Å²) < 4.78 is 46.4. The molecule has 3 saturated heterocycles. The van der Waals surface area contributed by atoms with Crippen LogP contribution in [0.15, 0.2) is 67.0 Å². The fraction of sp³-hybridized carbons (Fsp3) is 0.378. The van der Waals surface area contributed by atoms with E-state index < -0.39 is 41.4 Å². The Morgan fingerprint density at radius 1 is 0.909 bits per heavy atom. The number of nitrogens with zero attached hydrogens (tertiary/aromatic N) is 7. The van der Waals surface area contributed by atoms with E-state index in [9.17, 15) is 32.3 Å². The van der Waals surface area contributed by atoms with Crippen molar-refractivity contribution in [1.82, 2.24) is 30.0 Å². The molecule has 6 heterocycles. The summed E-state index contributed by atoms with van der Waals surface area (Å²) in [5.74, 6) is -0.633. The molecule has 3 fully saturated rings. The van der Waals surface area contributed by atoms with E-state index in [2.05, 4.69) is 40.4 Å². The highest BCUT2D eigenvalue weighted by molar-refractivity contribution is 6.07. The second kappa shape index (κ2) is 15.7. The zero-order chi connectivity index (χ0) is 38.7. The van der Waals surface area contributed by atoms with Crippen molar-refractivity contribution in [3.05, 3.63) is 84.1 Å². The molecule has 4 amide bonds. The summed E-state index contributed by atoms with van der Waals surface area (Å²) in [6.45, 7) is 6.36. The average molecular weight is 761 g/mol. The fourth-order valence-electron chi connectivity index (χ4n) is 6.98. The molecule has 1 unspecified atom stereocenters. The highest BCUT2D eigenvalue weighted by Crippen LogP contribution is 2.29. The van der Waals surface area contributed by atoms with Crippen molar-refractivity contribution in [3.63, 3.8) is 0 Å². The summed E-state index contributed by atoms with van der Waals surface area (Å²) >= 11 is 0. The lowest BCUT2D eigenvalue weighted by atomic mass is 9.96. The van der Waals surface area contributed by atoms with Gasteiger partial charge in [-0.1, -0.05) is 6.07 Å². The Morgan fingerprint density at radius 2 is 1.64 bits per heavy atom.